The first kappa shape index (κ1) is 17.5. The molecule has 0 aliphatic carbocycles. The Morgan fingerprint density at radius 2 is 1.91 bits per heavy atom. The maximum Gasteiger partial charge on any atom is 0.416 e. The number of halogens is 3. The quantitative estimate of drug-likeness (QED) is 0.879. The van der Waals surface area contributed by atoms with Gasteiger partial charge in [-0.05, 0) is 31.5 Å². The maximum atomic E-state index is 12.6. The van der Waals surface area contributed by atoms with Crippen molar-refractivity contribution in [3.8, 4) is 0 Å². The minimum absolute atomic E-state index is 0.193. The van der Waals surface area contributed by atoms with Crippen LogP contribution in [-0.4, -0.2) is 21.3 Å². The molecule has 0 radical (unpaired) electrons. The zero-order chi connectivity index (χ0) is 17.0. The molecule has 1 aromatic carbocycles. The molecule has 2 aromatic rings. The van der Waals surface area contributed by atoms with Crippen molar-refractivity contribution in [2.75, 3.05) is 6.61 Å². The first-order chi connectivity index (χ1) is 10.8. The minimum Gasteiger partial charge on any atom is -0.387 e. The van der Waals surface area contributed by atoms with E-state index in [4.69, 9.17) is 4.74 Å². The number of imidazole rings is 1. The molecule has 1 heterocycles. The topological polar surface area (TPSA) is 47.3 Å². The van der Waals surface area contributed by atoms with E-state index < -0.39 is 17.8 Å². The van der Waals surface area contributed by atoms with Gasteiger partial charge in [-0.15, -0.1) is 0 Å². The van der Waals surface area contributed by atoms with Crippen LogP contribution in [0.15, 0.2) is 36.7 Å². The summed E-state index contributed by atoms with van der Waals surface area (Å²) in [5.41, 5.74) is -0.316. The summed E-state index contributed by atoms with van der Waals surface area (Å²) in [7, 11) is 0. The summed E-state index contributed by atoms with van der Waals surface area (Å²) in [4.78, 5) is 4.21. The number of aromatic nitrogens is 2. The molecule has 4 nitrogen and oxygen atoms in total. The summed E-state index contributed by atoms with van der Waals surface area (Å²) in [5, 5.41) is 10.3. The molecular weight excluding hydrogens is 309 g/mol. The fraction of sp³-hybridized carbons (Fsp3) is 0.438. The molecule has 0 saturated carbocycles. The lowest BCUT2D eigenvalue weighted by molar-refractivity contribution is -0.137. The highest BCUT2D eigenvalue weighted by Gasteiger charge is 2.30. The molecule has 0 aliphatic heterocycles. The summed E-state index contributed by atoms with van der Waals surface area (Å²) >= 11 is 0. The van der Waals surface area contributed by atoms with E-state index in [1.807, 2.05) is 13.8 Å². The van der Waals surface area contributed by atoms with Crippen LogP contribution in [0.1, 0.15) is 43.0 Å². The van der Waals surface area contributed by atoms with E-state index in [9.17, 15) is 18.3 Å². The van der Waals surface area contributed by atoms with Crippen LogP contribution in [0, 0.1) is 0 Å². The maximum absolute atomic E-state index is 12.6. The Morgan fingerprint density at radius 1 is 1.26 bits per heavy atom. The lowest BCUT2D eigenvalue weighted by Crippen LogP contribution is -2.14. The van der Waals surface area contributed by atoms with Crippen LogP contribution in [0.25, 0.3) is 0 Å². The number of hydrogen-bond donors (Lipinski definition) is 1. The average molecular weight is 328 g/mol. The first-order valence-electron chi connectivity index (χ1n) is 7.30. The van der Waals surface area contributed by atoms with Gasteiger partial charge in [0.05, 0.1) is 18.2 Å². The third-order valence-corrected chi connectivity index (χ3v) is 3.52. The molecule has 1 aromatic heterocycles. The second kappa shape index (κ2) is 7.14. The van der Waals surface area contributed by atoms with Gasteiger partial charge in [-0.1, -0.05) is 12.1 Å². The Bertz CT molecular complexity index is 623. The monoisotopic (exact) mass is 328 g/mol. The van der Waals surface area contributed by atoms with Gasteiger partial charge < -0.3 is 14.4 Å². The van der Waals surface area contributed by atoms with Gasteiger partial charge in [0.2, 0.25) is 0 Å². The lowest BCUT2D eigenvalue weighted by Gasteiger charge is -2.17. The van der Waals surface area contributed by atoms with Crippen LogP contribution >= 0.6 is 0 Å². The van der Waals surface area contributed by atoms with Crippen LogP contribution in [-0.2, 0) is 17.5 Å². The number of nitrogens with zero attached hydrogens (tertiary/aromatic N) is 2. The molecule has 2 unspecified atom stereocenters. The van der Waals surface area contributed by atoms with Crippen LogP contribution in [0.4, 0.5) is 13.2 Å². The van der Waals surface area contributed by atoms with E-state index in [0.717, 1.165) is 12.1 Å². The van der Waals surface area contributed by atoms with E-state index in [-0.39, 0.29) is 12.6 Å². The van der Waals surface area contributed by atoms with Crippen molar-refractivity contribution < 1.29 is 23.0 Å². The zero-order valence-electron chi connectivity index (χ0n) is 12.9. The fourth-order valence-electron chi connectivity index (χ4n) is 2.34. The normalized spacial score (nSPS) is 14.7. The molecule has 0 bridgehead atoms. The fourth-order valence-corrected chi connectivity index (χ4v) is 2.34. The molecule has 0 fully saturated rings. The SMILES string of the molecule is CCOC(C)c1nccn1CC(O)c1ccc(C(F)(F)F)cc1. The minimum atomic E-state index is -4.38. The molecule has 23 heavy (non-hydrogen) atoms. The van der Waals surface area contributed by atoms with Gasteiger partial charge in [-0.3, -0.25) is 0 Å². The van der Waals surface area contributed by atoms with Crippen LogP contribution in [0.3, 0.4) is 0 Å². The van der Waals surface area contributed by atoms with Gasteiger partial charge in [0.1, 0.15) is 11.9 Å². The third kappa shape index (κ3) is 4.33. The van der Waals surface area contributed by atoms with Crippen molar-refractivity contribution in [3.05, 3.63) is 53.6 Å². The van der Waals surface area contributed by atoms with Crippen molar-refractivity contribution in [3.63, 3.8) is 0 Å². The number of alkyl halides is 3. The van der Waals surface area contributed by atoms with Crippen LogP contribution < -0.4 is 0 Å². The number of rotatable bonds is 6. The Kier molecular flexibility index (Phi) is 5.43. The van der Waals surface area contributed by atoms with E-state index in [1.54, 1.807) is 17.0 Å². The molecular formula is C16H19F3N2O2. The molecule has 0 spiro atoms. The van der Waals surface area contributed by atoms with Gasteiger partial charge in [-0.2, -0.15) is 13.2 Å². The lowest BCUT2D eigenvalue weighted by atomic mass is 10.1. The van der Waals surface area contributed by atoms with Crippen molar-refractivity contribution in [2.45, 2.75) is 38.8 Å². The highest BCUT2D eigenvalue weighted by atomic mass is 19.4. The Balaban J connectivity index is 2.11. The number of aliphatic hydroxyl groups is 1. The number of aliphatic hydroxyl groups excluding tert-OH is 1. The van der Waals surface area contributed by atoms with Gasteiger partial charge in [-0.25, -0.2) is 4.98 Å². The van der Waals surface area contributed by atoms with E-state index >= 15 is 0 Å². The highest BCUT2D eigenvalue weighted by molar-refractivity contribution is 5.26. The van der Waals surface area contributed by atoms with Crippen LogP contribution in [0.5, 0.6) is 0 Å². The second-order valence-corrected chi connectivity index (χ2v) is 5.17. The molecule has 2 atom stereocenters. The number of hydrogen-bond acceptors (Lipinski definition) is 3. The summed E-state index contributed by atoms with van der Waals surface area (Å²) in [6, 6.07) is 4.51. The van der Waals surface area contributed by atoms with Gasteiger partial charge in [0.15, 0.2) is 0 Å². The standard InChI is InChI=1S/C16H19F3N2O2/c1-3-23-11(2)15-20-8-9-21(15)10-14(22)12-4-6-13(7-5-12)16(17,18)19/h4-9,11,14,22H,3,10H2,1-2H3. The van der Waals surface area contributed by atoms with Crippen molar-refractivity contribution >= 4 is 0 Å². The zero-order valence-corrected chi connectivity index (χ0v) is 12.9. The van der Waals surface area contributed by atoms with E-state index in [2.05, 4.69) is 4.98 Å². The molecule has 7 heteroatoms. The number of ether oxygens (including phenoxy) is 1. The Morgan fingerprint density at radius 3 is 2.48 bits per heavy atom. The smallest absolute Gasteiger partial charge is 0.387 e. The van der Waals surface area contributed by atoms with Gasteiger partial charge >= 0.3 is 6.18 Å². The molecule has 2 rings (SSSR count). The summed E-state index contributed by atoms with van der Waals surface area (Å²) < 4.78 is 44.9. The molecule has 0 aliphatic rings. The second-order valence-electron chi connectivity index (χ2n) is 5.17. The first-order valence-corrected chi connectivity index (χ1v) is 7.30. The molecule has 126 valence electrons. The van der Waals surface area contributed by atoms with E-state index in [0.29, 0.717) is 18.0 Å². The summed E-state index contributed by atoms with van der Waals surface area (Å²) in [6.45, 7) is 4.46. The molecule has 0 saturated heterocycles. The van der Waals surface area contributed by atoms with E-state index in [1.165, 1.54) is 12.1 Å². The Hall–Kier alpha value is -1.86. The molecule has 1 N–H and O–H groups in total. The predicted molar refractivity (Wildman–Crippen MR) is 78.7 cm³/mol. The largest absolute Gasteiger partial charge is 0.416 e. The molecule has 0 amide bonds. The van der Waals surface area contributed by atoms with Gasteiger partial charge in [0, 0.05) is 19.0 Å². The van der Waals surface area contributed by atoms with Crippen LogP contribution in [0.2, 0.25) is 0 Å². The van der Waals surface area contributed by atoms with Crippen molar-refractivity contribution in [2.24, 2.45) is 0 Å². The third-order valence-electron chi connectivity index (χ3n) is 3.52. The predicted octanol–water partition coefficient (Wildman–Crippen LogP) is 3.73. The van der Waals surface area contributed by atoms with Crippen molar-refractivity contribution in [1.82, 2.24) is 9.55 Å². The average Bonchev–Trinajstić information content (AvgIpc) is 2.95. The summed E-state index contributed by atoms with van der Waals surface area (Å²) in [5.74, 6) is 0.665. The number of benzene rings is 1. The highest BCUT2D eigenvalue weighted by Crippen LogP contribution is 2.30. The Labute approximate surface area is 132 Å². The van der Waals surface area contributed by atoms with Gasteiger partial charge in [0.25, 0.3) is 0 Å². The van der Waals surface area contributed by atoms with Crippen molar-refractivity contribution in [1.29, 1.82) is 0 Å². The summed E-state index contributed by atoms with van der Waals surface area (Å²) in [6.07, 6.45) is -2.23.